The van der Waals surface area contributed by atoms with Gasteiger partial charge in [-0.25, -0.2) is 22.5 Å². The van der Waals surface area contributed by atoms with E-state index in [0.29, 0.717) is 84.1 Å². The number of ether oxygens (including phenoxy) is 6. The van der Waals surface area contributed by atoms with Gasteiger partial charge in [-0.1, -0.05) is 45.4 Å². The summed E-state index contributed by atoms with van der Waals surface area (Å²) in [5.74, 6) is -0.387. The zero-order valence-corrected chi connectivity index (χ0v) is 42.6. The van der Waals surface area contributed by atoms with Crippen LogP contribution in [0.25, 0.3) is 0 Å². The highest BCUT2D eigenvalue weighted by molar-refractivity contribution is 9.10. The fraction of sp³-hybridized carbons (Fsp3) is 0.367. The summed E-state index contributed by atoms with van der Waals surface area (Å²) in [5.41, 5.74) is 5.75. The summed E-state index contributed by atoms with van der Waals surface area (Å²) in [6.45, 7) is 11.0. The molecule has 1 aliphatic carbocycles. The van der Waals surface area contributed by atoms with Gasteiger partial charge < -0.3 is 50.1 Å². The Morgan fingerprint density at radius 3 is 2.04 bits per heavy atom. The lowest BCUT2D eigenvalue weighted by atomic mass is 9.49. The van der Waals surface area contributed by atoms with Crippen LogP contribution in [0.5, 0.6) is 11.5 Å². The Morgan fingerprint density at radius 1 is 0.831 bits per heavy atom. The number of nitrogens with two attached hydrogens (primary N) is 1. The largest absolute Gasteiger partial charge is 0.491 e. The third-order valence-electron chi connectivity index (χ3n) is 11.4. The molecule has 1 heterocycles. The average molecular weight is 1080 g/mol. The van der Waals surface area contributed by atoms with Crippen molar-refractivity contribution in [1.82, 2.24) is 20.0 Å². The number of rotatable bonds is 27. The quantitative estimate of drug-likeness (QED) is 0.0319. The molecule has 22 heteroatoms. The van der Waals surface area contributed by atoms with Gasteiger partial charge in [-0.15, -0.1) is 0 Å². The number of anilines is 4. The van der Waals surface area contributed by atoms with Crippen molar-refractivity contribution >= 4 is 72.5 Å². The van der Waals surface area contributed by atoms with E-state index in [-0.39, 0.29) is 76.6 Å². The first kappa shape index (κ1) is 54.4. The number of amides is 2. The summed E-state index contributed by atoms with van der Waals surface area (Å²) >= 11 is 9.55. The number of hydrogen-bond acceptors (Lipinski definition) is 15. The minimum absolute atomic E-state index is 0.0370. The molecule has 0 saturated heterocycles. The van der Waals surface area contributed by atoms with Crippen molar-refractivity contribution in [3.05, 3.63) is 123 Å². The van der Waals surface area contributed by atoms with Crippen LogP contribution in [0.4, 0.5) is 27.5 Å². The lowest BCUT2D eigenvalue weighted by molar-refractivity contribution is -0.164. The molecule has 0 spiro atoms. The number of primary amides is 1. The molecule has 5 aromatic rings. The Bertz CT molecular complexity index is 2770. The summed E-state index contributed by atoms with van der Waals surface area (Å²) in [4.78, 5) is 33.7. The van der Waals surface area contributed by atoms with E-state index in [1.165, 1.54) is 30.5 Å². The molecule has 1 aliphatic rings. The number of nitrogens with one attached hydrogen (secondary N) is 4. The fourth-order valence-corrected chi connectivity index (χ4v) is 9.71. The van der Waals surface area contributed by atoms with E-state index in [2.05, 4.69) is 74.3 Å². The molecule has 0 unspecified atom stereocenters. The minimum Gasteiger partial charge on any atom is -0.491 e. The smallest absolute Gasteiger partial charge is 0.253 e. The molecule has 1 aromatic heterocycles. The second-order valence-electron chi connectivity index (χ2n) is 17.2. The van der Waals surface area contributed by atoms with Crippen molar-refractivity contribution in [3.63, 3.8) is 0 Å². The molecule has 1 saturated carbocycles. The molecule has 6 rings (SSSR count). The lowest BCUT2D eigenvalue weighted by Gasteiger charge is -2.63. The van der Waals surface area contributed by atoms with Crippen LogP contribution < -0.4 is 35.9 Å². The van der Waals surface area contributed by atoms with E-state index in [9.17, 15) is 27.7 Å². The predicted octanol–water partition coefficient (Wildman–Crippen LogP) is 7.53. The monoisotopic (exact) mass is 1080 g/mol. The first-order valence-corrected chi connectivity index (χ1v) is 25.0. The van der Waals surface area contributed by atoms with Crippen molar-refractivity contribution in [1.29, 1.82) is 5.26 Å². The number of hydrogen-bond donors (Lipinski definition) is 5. The lowest BCUT2D eigenvalue weighted by Crippen LogP contribution is -2.74. The maximum Gasteiger partial charge on any atom is 0.253 e. The Hall–Kier alpha value is -5.96. The Morgan fingerprint density at radius 2 is 1.44 bits per heavy atom. The number of halogens is 3. The average Bonchev–Trinajstić information content (AvgIpc) is 3.33. The van der Waals surface area contributed by atoms with Crippen LogP contribution in [0.2, 0.25) is 5.02 Å². The zero-order chi connectivity index (χ0) is 51.2. The molecule has 4 aromatic carbocycles. The summed E-state index contributed by atoms with van der Waals surface area (Å²) < 4.78 is 77.1. The second-order valence-corrected chi connectivity index (χ2v) is 20.2. The molecule has 1 fully saturated rings. The van der Waals surface area contributed by atoms with Gasteiger partial charge in [0.05, 0.1) is 84.1 Å². The van der Waals surface area contributed by atoms with Gasteiger partial charge in [-0.3, -0.25) is 9.59 Å². The molecule has 2 amide bonds. The van der Waals surface area contributed by atoms with Crippen LogP contribution in [-0.4, -0.2) is 108 Å². The molecule has 0 bridgehead atoms. The number of carbonyl (C=O) groups excluding carboxylic acids is 2. The number of nitrogens with zero attached hydrogens (tertiary/aromatic N) is 3. The first-order valence-electron chi connectivity index (χ1n) is 22.4. The van der Waals surface area contributed by atoms with Crippen molar-refractivity contribution in [3.8, 4) is 17.6 Å². The minimum atomic E-state index is -3.82. The summed E-state index contributed by atoms with van der Waals surface area (Å²) in [7, 11) is -3.82. The maximum atomic E-state index is 14.2. The van der Waals surface area contributed by atoms with Gasteiger partial charge in [0.1, 0.15) is 41.9 Å². The number of nitriles is 1. The van der Waals surface area contributed by atoms with Gasteiger partial charge >= 0.3 is 0 Å². The van der Waals surface area contributed by atoms with Gasteiger partial charge in [-0.2, -0.15) is 10.2 Å². The van der Waals surface area contributed by atoms with E-state index in [0.717, 1.165) is 6.07 Å². The van der Waals surface area contributed by atoms with E-state index < -0.39 is 21.7 Å². The number of aromatic nitrogens is 2. The van der Waals surface area contributed by atoms with Gasteiger partial charge in [0.2, 0.25) is 16.0 Å². The topological polar surface area (TPSA) is 247 Å². The van der Waals surface area contributed by atoms with Crippen molar-refractivity contribution in [2.75, 3.05) is 76.6 Å². The normalized spacial score (nSPS) is 15.7. The SMILES string of the molecule is CC1(C)C(NC(=O)c2ccc(OCCOCCOCCOCCOCCNS(=O)(=O)c3ccc(Nc4ncc(Br)c(Nc5cccc(F)c5C(N)=O)n4)cc3)cc2)C(C)(C)C1Oc1ccc(C#N)c(Cl)c1. The molecule has 18 nitrogen and oxygen atoms in total. The molecule has 0 radical (unpaired) electrons. The van der Waals surface area contributed by atoms with Gasteiger partial charge in [0.15, 0.2) is 0 Å². The highest BCUT2D eigenvalue weighted by Crippen LogP contribution is 2.55. The molecular formula is C49H55BrClFN8O10S. The fourth-order valence-electron chi connectivity index (χ4n) is 8.19. The van der Waals surface area contributed by atoms with Gasteiger partial charge in [0, 0.05) is 46.9 Å². The maximum absolute atomic E-state index is 14.2. The molecule has 6 N–H and O–H groups in total. The third kappa shape index (κ3) is 14.6. The molecule has 0 atom stereocenters. The first-order chi connectivity index (χ1) is 33.9. The molecular weight excluding hydrogens is 1030 g/mol. The summed E-state index contributed by atoms with van der Waals surface area (Å²) in [6, 6.07) is 23.8. The second kappa shape index (κ2) is 24.9. The van der Waals surface area contributed by atoms with Gasteiger partial charge in [-0.05, 0) is 88.7 Å². The van der Waals surface area contributed by atoms with Crippen molar-refractivity contribution in [2.45, 2.75) is 44.7 Å². The van der Waals surface area contributed by atoms with Crippen LogP contribution in [0, 0.1) is 28.0 Å². The third-order valence-corrected chi connectivity index (χ3v) is 13.7. The highest BCUT2D eigenvalue weighted by Gasteiger charge is 2.64. The van der Waals surface area contributed by atoms with E-state index in [4.69, 9.17) is 45.8 Å². The Kier molecular flexibility index (Phi) is 19.1. The van der Waals surface area contributed by atoms with E-state index >= 15 is 0 Å². The predicted molar refractivity (Wildman–Crippen MR) is 267 cm³/mol. The highest BCUT2D eigenvalue weighted by atomic mass is 79.9. The van der Waals surface area contributed by atoms with Crippen LogP contribution in [0.1, 0.15) is 54.0 Å². The van der Waals surface area contributed by atoms with E-state index in [1.807, 2.05) is 6.07 Å². The van der Waals surface area contributed by atoms with Crippen LogP contribution in [0.15, 0.2) is 100 Å². The van der Waals surface area contributed by atoms with Crippen LogP contribution in [-0.2, 0) is 29.0 Å². The number of benzene rings is 4. The van der Waals surface area contributed by atoms with Crippen LogP contribution in [0.3, 0.4) is 0 Å². The molecule has 71 heavy (non-hydrogen) atoms. The standard InChI is InChI=1S/C49H55BrClFN8O10S/c1-48(2)45(49(3,4)46(48)70-35-15-10-32(29-53)38(51)28-35)60-44(62)31-8-13-34(14-9-31)69-27-26-68-25-24-67-23-22-66-21-20-65-19-18-56-71(63,64)36-16-11-33(12-17-36)57-47-55-30-37(50)43(59-47)58-40-7-5-6-39(52)41(40)42(54)61/h5-17,28,30,45-46,56H,18-27H2,1-4H3,(H2,54,61)(H,60,62)(H2,55,57,58,59). The summed E-state index contributed by atoms with van der Waals surface area (Å²) in [6.07, 6.45) is 1.24. The van der Waals surface area contributed by atoms with Crippen molar-refractivity contribution in [2.24, 2.45) is 16.6 Å². The van der Waals surface area contributed by atoms with Crippen LogP contribution >= 0.6 is 27.5 Å². The Balaban J connectivity index is 0.769. The molecule has 0 aliphatic heterocycles. The molecule has 378 valence electrons. The van der Waals surface area contributed by atoms with Gasteiger partial charge in [0.25, 0.3) is 11.8 Å². The number of sulfonamides is 1. The van der Waals surface area contributed by atoms with E-state index in [1.54, 1.807) is 54.6 Å². The summed E-state index contributed by atoms with van der Waals surface area (Å²) in [5, 5.41) is 18.6. The Labute approximate surface area is 425 Å². The van der Waals surface area contributed by atoms with Crippen molar-refractivity contribution < 1.29 is 50.8 Å². The zero-order valence-electron chi connectivity index (χ0n) is 39.4. The number of carbonyl (C=O) groups is 2.